The van der Waals surface area contributed by atoms with Crippen LogP contribution < -0.4 is 4.74 Å². The van der Waals surface area contributed by atoms with Crippen LogP contribution in [0.25, 0.3) is 6.08 Å². The number of rotatable bonds is 3. The van der Waals surface area contributed by atoms with Gasteiger partial charge in [0.2, 0.25) is 0 Å². The van der Waals surface area contributed by atoms with E-state index in [0.29, 0.717) is 24.2 Å². The van der Waals surface area contributed by atoms with Crippen LogP contribution in [0.1, 0.15) is 18.4 Å². The summed E-state index contributed by atoms with van der Waals surface area (Å²) in [5.74, 6) is 0.318. The molecule has 1 saturated carbocycles. The first-order valence-electron chi connectivity index (χ1n) is 5.22. The average molecular weight is 220 g/mol. The van der Waals surface area contributed by atoms with E-state index in [0.717, 1.165) is 0 Å². The Labute approximate surface area is 93.7 Å². The normalized spacial score (nSPS) is 17.1. The molecule has 0 heterocycles. The molecule has 0 aromatic heterocycles. The molecule has 0 amide bonds. The second-order valence-electron chi connectivity index (χ2n) is 3.92. The summed E-state index contributed by atoms with van der Waals surface area (Å²) in [7, 11) is 1.55. The van der Waals surface area contributed by atoms with Crippen molar-refractivity contribution >= 4 is 11.9 Å². The van der Waals surface area contributed by atoms with Gasteiger partial charge in [-0.2, -0.15) is 0 Å². The quantitative estimate of drug-likeness (QED) is 0.782. The first-order chi connectivity index (χ1) is 7.70. The number of hydrogen-bond acceptors (Lipinski definition) is 2. The summed E-state index contributed by atoms with van der Waals surface area (Å²) in [5, 5.41) is 0. The van der Waals surface area contributed by atoms with Crippen molar-refractivity contribution in [3.63, 3.8) is 0 Å². The lowest BCUT2D eigenvalue weighted by atomic mass is 9.82. The highest BCUT2D eigenvalue weighted by Crippen LogP contribution is 2.33. The van der Waals surface area contributed by atoms with E-state index in [2.05, 4.69) is 0 Å². The van der Waals surface area contributed by atoms with Gasteiger partial charge in [0, 0.05) is 24.3 Å². The first-order valence-corrected chi connectivity index (χ1v) is 5.22. The van der Waals surface area contributed by atoms with Gasteiger partial charge in [0.25, 0.3) is 0 Å². The zero-order valence-electron chi connectivity index (χ0n) is 9.07. The van der Waals surface area contributed by atoms with Crippen molar-refractivity contribution in [2.45, 2.75) is 12.8 Å². The van der Waals surface area contributed by atoms with Crippen molar-refractivity contribution in [3.05, 3.63) is 35.7 Å². The lowest BCUT2D eigenvalue weighted by Gasteiger charge is -2.22. The maximum absolute atomic E-state index is 13.7. The zero-order valence-corrected chi connectivity index (χ0v) is 9.07. The third-order valence-corrected chi connectivity index (χ3v) is 2.77. The molecule has 1 aliphatic carbocycles. The minimum Gasteiger partial charge on any atom is -0.496 e. The Kier molecular flexibility index (Phi) is 3.04. The fourth-order valence-corrected chi connectivity index (χ4v) is 1.74. The highest BCUT2D eigenvalue weighted by Gasteiger charge is 2.30. The van der Waals surface area contributed by atoms with Crippen molar-refractivity contribution in [1.29, 1.82) is 0 Å². The second kappa shape index (κ2) is 4.47. The highest BCUT2D eigenvalue weighted by molar-refractivity contribution is 5.86. The monoisotopic (exact) mass is 220 g/mol. The second-order valence-corrected chi connectivity index (χ2v) is 3.92. The lowest BCUT2D eigenvalue weighted by molar-refractivity contribution is -0.126. The Morgan fingerprint density at radius 3 is 2.75 bits per heavy atom. The van der Waals surface area contributed by atoms with E-state index >= 15 is 0 Å². The smallest absolute Gasteiger partial charge is 0.134 e. The minimum absolute atomic E-state index is 0.133. The molecule has 0 unspecified atom stereocenters. The summed E-state index contributed by atoms with van der Waals surface area (Å²) in [4.78, 5) is 10.8. The minimum atomic E-state index is -0.232. The number of hydrogen-bond donors (Lipinski definition) is 0. The van der Waals surface area contributed by atoms with E-state index in [1.54, 1.807) is 19.2 Å². The number of ketones is 1. The van der Waals surface area contributed by atoms with E-state index in [4.69, 9.17) is 4.74 Å². The van der Waals surface area contributed by atoms with E-state index in [1.165, 1.54) is 6.08 Å². The Bertz CT molecular complexity index is 429. The SMILES string of the molecule is COc1ccccc1/C=C(\F)C1CC(=O)C1. The van der Waals surface area contributed by atoms with Crippen LogP contribution in [-0.2, 0) is 4.79 Å². The fraction of sp³-hybridized carbons (Fsp3) is 0.308. The molecule has 0 saturated heterocycles. The summed E-state index contributed by atoms with van der Waals surface area (Å²) in [6, 6.07) is 7.23. The molecular formula is C13H13FO2. The third-order valence-electron chi connectivity index (χ3n) is 2.77. The Morgan fingerprint density at radius 1 is 1.44 bits per heavy atom. The molecule has 0 atom stereocenters. The summed E-state index contributed by atoms with van der Waals surface area (Å²) in [5.41, 5.74) is 0.710. The van der Waals surface area contributed by atoms with Gasteiger partial charge in [0.1, 0.15) is 17.4 Å². The molecule has 2 nitrogen and oxygen atoms in total. The van der Waals surface area contributed by atoms with Gasteiger partial charge < -0.3 is 4.74 Å². The summed E-state index contributed by atoms with van der Waals surface area (Å²) >= 11 is 0. The molecule has 0 spiro atoms. The van der Waals surface area contributed by atoms with Crippen molar-refractivity contribution in [1.82, 2.24) is 0 Å². The molecule has 1 aromatic rings. The van der Waals surface area contributed by atoms with Gasteiger partial charge in [-0.25, -0.2) is 4.39 Å². The van der Waals surface area contributed by atoms with Gasteiger partial charge in [-0.15, -0.1) is 0 Å². The molecular weight excluding hydrogens is 207 g/mol. The summed E-state index contributed by atoms with van der Waals surface area (Å²) in [6.45, 7) is 0. The van der Waals surface area contributed by atoms with Gasteiger partial charge >= 0.3 is 0 Å². The predicted molar refractivity (Wildman–Crippen MR) is 59.8 cm³/mol. The molecule has 3 heteroatoms. The summed E-state index contributed by atoms with van der Waals surface area (Å²) < 4.78 is 18.8. The number of halogens is 1. The van der Waals surface area contributed by atoms with Crippen molar-refractivity contribution in [2.75, 3.05) is 7.11 Å². The predicted octanol–water partition coefficient (Wildman–Crippen LogP) is 2.98. The summed E-state index contributed by atoms with van der Waals surface area (Å²) in [6.07, 6.45) is 2.12. The molecule has 0 bridgehead atoms. The van der Waals surface area contributed by atoms with Crippen molar-refractivity contribution in [3.8, 4) is 5.75 Å². The van der Waals surface area contributed by atoms with E-state index in [9.17, 15) is 9.18 Å². The fourth-order valence-electron chi connectivity index (χ4n) is 1.74. The number of methoxy groups -OCH3 is 1. The Hall–Kier alpha value is -1.64. The molecule has 2 rings (SSSR count). The largest absolute Gasteiger partial charge is 0.496 e. The van der Waals surface area contributed by atoms with Crippen LogP contribution in [0, 0.1) is 5.92 Å². The Balaban J connectivity index is 2.18. The highest BCUT2D eigenvalue weighted by atomic mass is 19.1. The van der Waals surface area contributed by atoms with Crippen LogP contribution in [0.3, 0.4) is 0 Å². The zero-order chi connectivity index (χ0) is 11.5. The number of ether oxygens (including phenoxy) is 1. The van der Waals surface area contributed by atoms with E-state index in [-0.39, 0.29) is 17.5 Å². The molecule has 1 aromatic carbocycles. The third kappa shape index (κ3) is 2.13. The first kappa shape index (κ1) is 10.9. The maximum atomic E-state index is 13.7. The number of para-hydroxylation sites is 1. The number of allylic oxidation sites excluding steroid dienone is 1. The number of carbonyl (C=O) groups is 1. The molecule has 0 N–H and O–H groups in total. The van der Waals surface area contributed by atoms with Crippen LogP contribution in [-0.4, -0.2) is 12.9 Å². The average Bonchev–Trinajstić information content (AvgIpc) is 2.25. The Morgan fingerprint density at radius 2 is 2.12 bits per heavy atom. The van der Waals surface area contributed by atoms with Crippen LogP contribution in [0.5, 0.6) is 5.75 Å². The van der Waals surface area contributed by atoms with E-state index < -0.39 is 0 Å². The molecule has 0 aliphatic heterocycles. The molecule has 84 valence electrons. The van der Waals surface area contributed by atoms with E-state index in [1.807, 2.05) is 12.1 Å². The van der Waals surface area contributed by atoms with Crippen LogP contribution >= 0.6 is 0 Å². The number of benzene rings is 1. The van der Waals surface area contributed by atoms with Crippen molar-refractivity contribution in [2.24, 2.45) is 5.92 Å². The molecule has 0 radical (unpaired) electrons. The van der Waals surface area contributed by atoms with Crippen LogP contribution in [0.4, 0.5) is 4.39 Å². The molecule has 1 fully saturated rings. The maximum Gasteiger partial charge on any atom is 0.134 e. The van der Waals surface area contributed by atoms with Crippen LogP contribution in [0.15, 0.2) is 30.1 Å². The molecule has 16 heavy (non-hydrogen) atoms. The van der Waals surface area contributed by atoms with Gasteiger partial charge in [0.15, 0.2) is 0 Å². The van der Waals surface area contributed by atoms with Crippen molar-refractivity contribution < 1.29 is 13.9 Å². The number of Topliss-reactive ketones (excluding diaryl/α,β-unsaturated/α-hetero) is 1. The molecule has 1 aliphatic rings. The van der Waals surface area contributed by atoms with Gasteiger partial charge in [-0.1, -0.05) is 18.2 Å². The van der Waals surface area contributed by atoms with Gasteiger partial charge in [0.05, 0.1) is 7.11 Å². The number of carbonyl (C=O) groups excluding carboxylic acids is 1. The topological polar surface area (TPSA) is 26.3 Å². The van der Waals surface area contributed by atoms with Gasteiger partial charge in [-0.05, 0) is 12.1 Å². The van der Waals surface area contributed by atoms with Gasteiger partial charge in [-0.3, -0.25) is 4.79 Å². The standard InChI is InChI=1S/C13H13FO2/c1-16-13-5-3-2-4-9(13)8-12(14)10-6-11(15)7-10/h2-5,8,10H,6-7H2,1H3/b12-8-. The lowest BCUT2D eigenvalue weighted by Crippen LogP contribution is -2.23. The van der Waals surface area contributed by atoms with Crippen LogP contribution in [0.2, 0.25) is 0 Å².